The maximum atomic E-state index is 8.54. The quantitative estimate of drug-likeness (QED) is 0.654. The zero-order valence-corrected chi connectivity index (χ0v) is 8.05. The third-order valence-electron chi connectivity index (χ3n) is 1.88. The lowest BCUT2D eigenvalue weighted by atomic mass is 10.3. The van der Waals surface area contributed by atoms with Crippen molar-refractivity contribution in [3.05, 3.63) is 23.7 Å². The van der Waals surface area contributed by atoms with Crippen LogP contribution in [-0.2, 0) is 13.0 Å². The van der Waals surface area contributed by atoms with Crippen molar-refractivity contribution in [1.82, 2.24) is 5.32 Å². The van der Waals surface area contributed by atoms with Crippen molar-refractivity contribution in [3.63, 3.8) is 0 Å². The first-order valence-electron chi connectivity index (χ1n) is 4.76. The van der Waals surface area contributed by atoms with Crippen molar-refractivity contribution < 1.29 is 9.52 Å². The van der Waals surface area contributed by atoms with Crippen LogP contribution in [0.15, 0.2) is 16.5 Å². The van der Waals surface area contributed by atoms with Crippen LogP contribution in [-0.4, -0.2) is 18.3 Å². The Hall–Kier alpha value is -0.800. The maximum absolute atomic E-state index is 8.54. The van der Waals surface area contributed by atoms with Crippen LogP contribution in [0.5, 0.6) is 0 Å². The average Bonchev–Trinajstić information content (AvgIpc) is 2.60. The molecule has 2 N–H and O–H groups in total. The van der Waals surface area contributed by atoms with E-state index in [0.29, 0.717) is 0 Å². The van der Waals surface area contributed by atoms with Gasteiger partial charge in [0.2, 0.25) is 0 Å². The molecule has 3 nitrogen and oxygen atoms in total. The molecule has 0 unspecified atom stereocenters. The van der Waals surface area contributed by atoms with Gasteiger partial charge in [-0.05, 0) is 25.1 Å². The molecule has 0 aliphatic rings. The second kappa shape index (κ2) is 5.78. The van der Waals surface area contributed by atoms with Crippen molar-refractivity contribution >= 4 is 0 Å². The van der Waals surface area contributed by atoms with E-state index in [0.717, 1.165) is 37.5 Å². The van der Waals surface area contributed by atoms with Crippen molar-refractivity contribution in [2.75, 3.05) is 13.2 Å². The van der Waals surface area contributed by atoms with Gasteiger partial charge in [-0.1, -0.05) is 6.92 Å². The van der Waals surface area contributed by atoms with E-state index in [9.17, 15) is 0 Å². The van der Waals surface area contributed by atoms with E-state index < -0.39 is 0 Å². The van der Waals surface area contributed by atoms with Crippen molar-refractivity contribution in [3.8, 4) is 0 Å². The Balaban J connectivity index is 2.20. The summed E-state index contributed by atoms with van der Waals surface area (Å²) in [5.74, 6) is 1.99. The summed E-state index contributed by atoms with van der Waals surface area (Å²) in [6.07, 6.45) is 1.73. The SMILES string of the molecule is CCc1ccc(CNCCCO)o1. The summed E-state index contributed by atoms with van der Waals surface area (Å²) < 4.78 is 5.49. The van der Waals surface area contributed by atoms with E-state index in [4.69, 9.17) is 9.52 Å². The molecule has 3 heteroatoms. The summed E-state index contributed by atoms with van der Waals surface area (Å²) in [4.78, 5) is 0. The predicted molar refractivity (Wildman–Crippen MR) is 51.5 cm³/mol. The Morgan fingerprint density at radius 1 is 1.38 bits per heavy atom. The van der Waals surface area contributed by atoms with Gasteiger partial charge in [-0.25, -0.2) is 0 Å². The monoisotopic (exact) mass is 183 g/mol. The molecule has 1 aromatic heterocycles. The summed E-state index contributed by atoms with van der Waals surface area (Å²) in [7, 11) is 0. The molecule has 1 rings (SSSR count). The number of nitrogens with one attached hydrogen (secondary N) is 1. The lowest BCUT2D eigenvalue weighted by Crippen LogP contribution is -2.15. The number of hydrogen-bond acceptors (Lipinski definition) is 3. The normalized spacial score (nSPS) is 10.6. The highest BCUT2D eigenvalue weighted by Crippen LogP contribution is 2.07. The summed E-state index contributed by atoms with van der Waals surface area (Å²) >= 11 is 0. The van der Waals surface area contributed by atoms with E-state index in [1.165, 1.54) is 0 Å². The average molecular weight is 183 g/mol. The largest absolute Gasteiger partial charge is 0.465 e. The highest BCUT2D eigenvalue weighted by molar-refractivity contribution is 5.06. The molecule has 0 saturated heterocycles. The first-order valence-corrected chi connectivity index (χ1v) is 4.76. The van der Waals surface area contributed by atoms with Gasteiger partial charge in [0.25, 0.3) is 0 Å². The van der Waals surface area contributed by atoms with Gasteiger partial charge in [-0.15, -0.1) is 0 Å². The van der Waals surface area contributed by atoms with E-state index in [-0.39, 0.29) is 6.61 Å². The molecule has 1 heterocycles. The Bertz CT molecular complexity index is 233. The van der Waals surface area contributed by atoms with Gasteiger partial charge in [-0.2, -0.15) is 0 Å². The lowest BCUT2D eigenvalue weighted by Gasteiger charge is -1.99. The summed E-state index contributed by atoms with van der Waals surface area (Å²) in [5.41, 5.74) is 0. The van der Waals surface area contributed by atoms with Crippen LogP contribution in [0.2, 0.25) is 0 Å². The molecule has 0 aromatic carbocycles. The minimum atomic E-state index is 0.241. The molecule has 0 atom stereocenters. The minimum absolute atomic E-state index is 0.241. The van der Waals surface area contributed by atoms with Gasteiger partial charge >= 0.3 is 0 Å². The van der Waals surface area contributed by atoms with E-state index >= 15 is 0 Å². The van der Waals surface area contributed by atoms with E-state index in [1.807, 2.05) is 12.1 Å². The fourth-order valence-corrected chi connectivity index (χ4v) is 1.12. The summed E-state index contributed by atoms with van der Waals surface area (Å²) in [5, 5.41) is 11.7. The molecule has 0 radical (unpaired) electrons. The van der Waals surface area contributed by atoms with Crippen LogP contribution >= 0.6 is 0 Å². The molecule has 0 bridgehead atoms. The van der Waals surface area contributed by atoms with E-state index in [2.05, 4.69) is 12.2 Å². The Labute approximate surface area is 78.8 Å². The molecular weight excluding hydrogens is 166 g/mol. The van der Waals surface area contributed by atoms with Gasteiger partial charge in [-0.3, -0.25) is 0 Å². The fraction of sp³-hybridized carbons (Fsp3) is 0.600. The van der Waals surface area contributed by atoms with Crippen LogP contribution in [0.3, 0.4) is 0 Å². The standard InChI is InChI=1S/C10H17NO2/c1-2-9-4-5-10(13-9)8-11-6-3-7-12/h4-5,11-12H,2-3,6-8H2,1H3. The number of aryl methyl sites for hydroxylation is 1. The molecule has 0 saturated carbocycles. The van der Waals surface area contributed by atoms with E-state index in [1.54, 1.807) is 0 Å². The number of rotatable bonds is 6. The summed E-state index contributed by atoms with van der Waals surface area (Å²) in [6.45, 7) is 3.89. The van der Waals surface area contributed by atoms with Gasteiger partial charge in [0.1, 0.15) is 11.5 Å². The number of aliphatic hydroxyl groups excluding tert-OH is 1. The first kappa shape index (κ1) is 10.3. The fourth-order valence-electron chi connectivity index (χ4n) is 1.12. The first-order chi connectivity index (χ1) is 6.36. The molecule has 0 aliphatic heterocycles. The van der Waals surface area contributed by atoms with Gasteiger partial charge in [0.05, 0.1) is 6.54 Å². The second-order valence-corrected chi connectivity index (χ2v) is 2.98. The molecule has 74 valence electrons. The van der Waals surface area contributed by atoms with Crippen molar-refractivity contribution in [2.45, 2.75) is 26.3 Å². The molecule has 0 amide bonds. The van der Waals surface area contributed by atoms with Crippen molar-refractivity contribution in [1.29, 1.82) is 0 Å². The smallest absolute Gasteiger partial charge is 0.117 e. The second-order valence-electron chi connectivity index (χ2n) is 2.98. The molecule has 0 aliphatic carbocycles. The Morgan fingerprint density at radius 3 is 2.77 bits per heavy atom. The maximum Gasteiger partial charge on any atom is 0.117 e. The van der Waals surface area contributed by atoms with Crippen LogP contribution in [0.4, 0.5) is 0 Å². The number of furan rings is 1. The van der Waals surface area contributed by atoms with Crippen LogP contribution in [0, 0.1) is 0 Å². The summed E-state index contributed by atoms with van der Waals surface area (Å²) in [6, 6.07) is 3.99. The number of hydrogen-bond donors (Lipinski definition) is 2. The minimum Gasteiger partial charge on any atom is -0.465 e. The Kier molecular flexibility index (Phi) is 4.57. The predicted octanol–water partition coefficient (Wildman–Crippen LogP) is 1.31. The third kappa shape index (κ3) is 3.61. The van der Waals surface area contributed by atoms with Gasteiger partial charge in [0, 0.05) is 13.0 Å². The van der Waals surface area contributed by atoms with Crippen LogP contribution in [0.25, 0.3) is 0 Å². The highest BCUT2D eigenvalue weighted by Gasteiger charge is 1.98. The molecule has 13 heavy (non-hydrogen) atoms. The zero-order valence-electron chi connectivity index (χ0n) is 8.05. The zero-order chi connectivity index (χ0) is 9.52. The third-order valence-corrected chi connectivity index (χ3v) is 1.88. The molecule has 0 spiro atoms. The molecule has 1 aromatic rings. The molecular formula is C10H17NO2. The highest BCUT2D eigenvalue weighted by atomic mass is 16.3. The van der Waals surface area contributed by atoms with Crippen LogP contribution in [0.1, 0.15) is 24.9 Å². The van der Waals surface area contributed by atoms with Crippen LogP contribution < -0.4 is 5.32 Å². The van der Waals surface area contributed by atoms with Gasteiger partial charge in [0.15, 0.2) is 0 Å². The topological polar surface area (TPSA) is 45.4 Å². The van der Waals surface area contributed by atoms with Crippen molar-refractivity contribution in [2.24, 2.45) is 0 Å². The molecule has 0 fully saturated rings. The Morgan fingerprint density at radius 2 is 2.15 bits per heavy atom. The number of aliphatic hydroxyl groups is 1. The lowest BCUT2D eigenvalue weighted by molar-refractivity contribution is 0.285. The van der Waals surface area contributed by atoms with Gasteiger partial charge < -0.3 is 14.8 Å².